The minimum atomic E-state index is -0.425. The molecule has 0 atom stereocenters. The molecular formula is C24H22BrKN2O4. The molecular weight excluding hydrogens is 499 g/mol. The van der Waals surface area contributed by atoms with Crippen LogP contribution in [-0.2, 0) is 0 Å². The SMILES string of the molecule is C=CCCBr.C=CCCN1C(=O)c2ccccc2C1=O.O=C1[N-]C(=O)c2ccccc21.[K+]. The molecule has 32 heavy (non-hydrogen) atoms. The molecule has 8 heteroatoms. The van der Waals surface area contributed by atoms with E-state index in [4.69, 9.17) is 0 Å². The zero-order valence-electron chi connectivity index (χ0n) is 17.9. The summed E-state index contributed by atoms with van der Waals surface area (Å²) in [6.45, 7) is 7.50. The maximum atomic E-state index is 11.8. The Morgan fingerprint density at radius 3 is 1.50 bits per heavy atom. The number of imide groups is 2. The van der Waals surface area contributed by atoms with Crippen LogP contribution in [0, 0.1) is 0 Å². The van der Waals surface area contributed by atoms with E-state index in [9.17, 15) is 19.2 Å². The summed E-state index contributed by atoms with van der Waals surface area (Å²) < 4.78 is 0. The molecule has 2 heterocycles. The molecule has 0 unspecified atom stereocenters. The van der Waals surface area contributed by atoms with Crippen molar-refractivity contribution in [2.24, 2.45) is 0 Å². The van der Waals surface area contributed by atoms with Gasteiger partial charge < -0.3 is 14.9 Å². The molecule has 0 bridgehead atoms. The van der Waals surface area contributed by atoms with Gasteiger partial charge in [0.05, 0.1) is 22.9 Å². The van der Waals surface area contributed by atoms with Crippen LogP contribution in [0.25, 0.3) is 5.32 Å². The van der Waals surface area contributed by atoms with E-state index in [2.05, 4.69) is 34.4 Å². The first-order valence-electron chi connectivity index (χ1n) is 9.58. The number of nitrogens with zero attached hydrogens (tertiary/aromatic N) is 2. The van der Waals surface area contributed by atoms with Crippen molar-refractivity contribution >= 4 is 39.6 Å². The second kappa shape index (κ2) is 14.5. The first kappa shape index (κ1) is 28.3. The van der Waals surface area contributed by atoms with Gasteiger partial charge in [0, 0.05) is 23.0 Å². The van der Waals surface area contributed by atoms with E-state index in [1.165, 1.54) is 4.90 Å². The number of hydrogen-bond acceptors (Lipinski definition) is 4. The smallest absolute Gasteiger partial charge is 0.587 e. The zero-order chi connectivity index (χ0) is 22.8. The van der Waals surface area contributed by atoms with Crippen LogP contribution >= 0.6 is 15.9 Å². The molecule has 0 saturated carbocycles. The van der Waals surface area contributed by atoms with E-state index in [1.54, 1.807) is 54.6 Å². The molecule has 2 aliphatic heterocycles. The molecule has 0 spiro atoms. The molecule has 0 aromatic heterocycles. The Hall–Kier alpha value is -1.68. The molecule has 0 N–H and O–H groups in total. The topological polar surface area (TPSA) is 85.6 Å². The van der Waals surface area contributed by atoms with E-state index < -0.39 is 11.8 Å². The van der Waals surface area contributed by atoms with Crippen LogP contribution in [0.15, 0.2) is 73.8 Å². The fourth-order valence-electron chi connectivity index (χ4n) is 2.81. The molecule has 6 nitrogen and oxygen atoms in total. The quantitative estimate of drug-likeness (QED) is 0.261. The van der Waals surface area contributed by atoms with Gasteiger partial charge in [-0.25, -0.2) is 0 Å². The summed E-state index contributed by atoms with van der Waals surface area (Å²) >= 11 is 3.24. The number of hydrogen-bond donors (Lipinski definition) is 0. The second-order valence-corrected chi connectivity index (χ2v) is 7.21. The monoisotopic (exact) mass is 520 g/mol. The van der Waals surface area contributed by atoms with Crippen molar-refractivity contribution < 1.29 is 70.6 Å². The molecule has 4 rings (SSSR count). The summed E-state index contributed by atoms with van der Waals surface area (Å²) in [6, 6.07) is 13.5. The largest absolute Gasteiger partial charge is 1.00 e. The maximum Gasteiger partial charge on any atom is 1.00 e. The molecule has 4 amide bonds. The number of amides is 4. The molecule has 2 aromatic rings. The van der Waals surface area contributed by atoms with Gasteiger partial charge in [-0.2, -0.15) is 0 Å². The molecule has 160 valence electrons. The van der Waals surface area contributed by atoms with Crippen molar-refractivity contribution in [3.8, 4) is 0 Å². The van der Waals surface area contributed by atoms with Crippen LogP contribution in [0.4, 0.5) is 0 Å². The fourth-order valence-corrected chi connectivity index (χ4v) is 3.13. The maximum absolute atomic E-state index is 11.8. The van der Waals surface area contributed by atoms with Gasteiger partial charge >= 0.3 is 51.4 Å². The Kier molecular flexibility index (Phi) is 12.8. The van der Waals surface area contributed by atoms with Crippen LogP contribution in [0.5, 0.6) is 0 Å². The van der Waals surface area contributed by atoms with Crippen LogP contribution in [0.1, 0.15) is 54.3 Å². The number of carbonyl (C=O) groups excluding carboxylic acids is 4. The van der Waals surface area contributed by atoms with E-state index in [-0.39, 0.29) is 63.2 Å². The van der Waals surface area contributed by atoms with Gasteiger partial charge in [0.15, 0.2) is 0 Å². The van der Waals surface area contributed by atoms with Crippen LogP contribution in [0.3, 0.4) is 0 Å². The van der Waals surface area contributed by atoms with Gasteiger partial charge in [-0.3, -0.25) is 14.5 Å². The van der Waals surface area contributed by atoms with Gasteiger partial charge in [0.1, 0.15) is 0 Å². The van der Waals surface area contributed by atoms with Crippen molar-refractivity contribution in [2.75, 3.05) is 11.9 Å². The number of allylic oxidation sites excluding steroid dienone is 1. The minimum Gasteiger partial charge on any atom is -0.587 e. The summed E-state index contributed by atoms with van der Waals surface area (Å²) in [5, 5.41) is 4.32. The van der Waals surface area contributed by atoms with Gasteiger partial charge in [0.2, 0.25) is 0 Å². The Labute approximate surface area is 238 Å². The predicted molar refractivity (Wildman–Crippen MR) is 124 cm³/mol. The number of rotatable bonds is 5. The third kappa shape index (κ3) is 7.16. The third-order valence-corrected chi connectivity index (χ3v) is 4.80. The third-order valence-electron chi connectivity index (χ3n) is 4.34. The first-order valence-corrected chi connectivity index (χ1v) is 10.7. The Bertz CT molecular complexity index is 955. The molecule has 0 saturated heterocycles. The van der Waals surface area contributed by atoms with Gasteiger partial charge in [-0.05, 0) is 25.0 Å². The van der Waals surface area contributed by atoms with E-state index in [1.807, 2.05) is 6.08 Å². The molecule has 0 fully saturated rings. The Balaban J connectivity index is 0.000000266. The average molecular weight is 521 g/mol. The van der Waals surface area contributed by atoms with Crippen molar-refractivity contribution in [3.05, 3.63) is 101 Å². The number of halogens is 1. The number of benzene rings is 2. The summed E-state index contributed by atoms with van der Waals surface area (Å²) in [5.74, 6) is -1.24. The molecule has 2 aromatic carbocycles. The van der Waals surface area contributed by atoms with Gasteiger partial charge in [-0.15, -0.1) is 13.2 Å². The summed E-state index contributed by atoms with van der Waals surface area (Å²) in [7, 11) is 0. The molecule has 0 aliphatic carbocycles. The standard InChI is InChI=1S/C12H11NO2.C8H5NO2.C4H7Br.K/c1-2-3-8-13-11(14)9-6-4-5-7-10(9)12(13)15;10-7-5-3-1-2-4-6(5)8(11)9-7;1-2-3-4-5;/h2,4-7H,1,3,8H2;1-4H,(H,9,10,11);2H,1,3-4H2;/q;;;+1/p-1. The second-order valence-electron chi connectivity index (χ2n) is 6.42. The zero-order valence-corrected chi connectivity index (χ0v) is 22.6. The molecule has 2 aliphatic rings. The van der Waals surface area contributed by atoms with E-state index >= 15 is 0 Å². The van der Waals surface area contributed by atoms with Gasteiger partial charge in [0.25, 0.3) is 11.8 Å². The number of fused-ring (bicyclic) bond motifs is 2. The minimum absolute atomic E-state index is 0. The number of alkyl halides is 1. The van der Waals surface area contributed by atoms with Crippen LogP contribution in [-0.4, -0.2) is 40.4 Å². The summed E-state index contributed by atoms with van der Waals surface area (Å²) in [6.07, 6.45) is 5.28. The van der Waals surface area contributed by atoms with Crippen molar-refractivity contribution in [3.63, 3.8) is 0 Å². The van der Waals surface area contributed by atoms with Gasteiger partial charge in [-0.1, -0.05) is 64.5 Å². The molecule has 0 radical (unpaired) electrons. The van der Waals surface area contributed by atoms with Crippen molar-refractivity contribution in [1.29, 1.82) is 0 Å². The van der Waals surface area contributed by atoms with Crippen LogP contribution in [0.2, 0.25) is 0 Å². The Morgan fingerprint density at radius 2 is 1.16 bits per heavy atom. The van der Waals surface area contributed by atoms with Crippen molar-refractivity contribution in [1.82, 2.24) is 4.90 Å². The van der Waals surface area contributed by atoms with Crippen LogP contribution < -0.4 is 51.4 Å². The fraction of sp³-hybridized carbons (Fsp3) is 0.167. The van der Waals surface area contributed by atoms with E-state index in [0.29, 0.717) is 35.2 Å². The number of carbonyl (C=O) groups is 4. The predicted octanol–water partition coefficient (Wildman–Crippen LogP) is 2.17. The average Bonchev–Trinajstić information content (AvgIpc) is 3.21. The van der Waals surface area contributed by atoms with E-state index in [0.717, 1.165) is 11.8 Å². The Morgan fingerprint density at radius 1 is 0.750 bits per heavy atom. The normalized spacial score (nSPS) is 12.8. The first-order chi connectivity index (χ1) is 15.0. The summed E-state index contributed by atoms with van der Waals surface area (Å²) in [4.78, 5) is 46.6. The van der Waals surface area contributed by atoms with Crippen molar-refractivity contribution in [2.45, 2.75) is 12.8 Å². The summed E-state index contributed by atoms with van der Waals surface area (Å²) in [5.41, 5.74) is 1.84.